The maximum absolute atomic E-state index is 13.2. The van der Waals surface area contributed by atoms with Crippen molar-refractivity contribution in [3.63, 3.8) is 0 Å². The Morgan fingerprint density at radius 1 is 0.978 bits per heavy atom. The lowest BCUT2D eigenvalue weighted by atomic mass is 9.92. The molecule has 1 heterocycles. The lowest BCUT2D eigenvalue weighted by Gasteiger charge is -2.32. The molecule has 0 aliphatic carbocycles. The number of aliphatic hydroxyl groups is 1. The molecule has 1 aliphatic rings. The molecule has 3 aromatic rings. The normalized spacial score (nSPS) is 18.6. The smallest absolute Gasteiger partial charge is 0.430 e. The lowest BCUT2D eigenvalue weighted by molar-refractivity contribution is -0.376. The molecule has 0 unspecified atom stereocenters. The molecule has 3 atom stereocenters. The van der Waals surface area contributed by atoms with E-state index in [4.69, 9.17) is 16.3 Å². The number of anilines is 4. The second-order valence-electron chi connectivity index (χ2n) is 10.4. The second kappa shape index (κ2) is 12.0. The van der Waals surface area contributed by atoms with Gasteiger partial charge < -0.3 is 25.6 Å². The van der Waals surface area contributed by atoms with Crippen LogP contribution >= 0.6 is 11.6 Å². The van der Waals surface area contributed by atoms with E-state index >= 15 is 0 Å². The zero-order valence-corrected chi connectivity index (χ0v) is 24.9. The summed E-state index contributed by atoms with van der Waals surface area (Å²) in [6.45, 7) is 3.75. The van der Waals surface area contributed by atoms with Gasteiger partial charge in [-0.2, -0.15) is 26.3 Å². The van der Waals surface area contributed by atoms with Crippen molar-refractivity contribution in [2.75, 3.05) is 15.4 Å². The fraction of sp³-hybridized carbons (Fsp3) is 0.407. The molecule has 5 N–H and O–H groups in total. The molecule has 3 aromatic carbocycles. The fourth-order valence-electron chi connectivity index (χ4n) is 4.93. The van der Waals surface area contributed by atoms with Crippen LogP contribution in [0, 0.1) is 0 Å². The molecule has 0 bridgehead atoms. The summed E-state index contributed by atoms with van der Waals surface area (Å²) in [5.74, 6) is -1.02. The average molecular weight is 686 g/mol. The van der Waals surface area contributed by atoms with Gasteiger partial charge in [-0.3, -0.25) is 14.3 Å². The van der Waals surface area contributed by atoms with Gasteiger partial charge in [0, 0.05) is 11.3 Å². The maximum Gasteiger partial charge on any atom is 0.430 e. The molecule has 0 amide bonds. The summed E-state index contributed by atoms with van der Waals surface area (Å²) in [5, 5.41) is 25.3. The number of hydrogen-bond acceptors (Lipinski definition) is 9. The van der Waals surface area contributed by atoms with Crippen LogP contribution in [0.15, 0.2) is 50.9 Å². The highest BCUT2D eigenvalue weighted by Gasteiger charge is 2.71. The molecule has 1 aliphatic heterocycles. The van der Waals surface area contributed by atoms with Crippen molar-refractivity contribution in [2.45, 2.75) is 74.2 Å². The van der Waals surface area contributed by atoms with E-state index in [1.807, 2.05) is 18.6 Å². The first-order chi connectivity index (χ1) is 20.7. The number of phenolic OH excluding ortho intramolecular Hbond substituents is 1. The number of hydrogen-bond donors (Lipinski definition) is 5. The highest BCUT2D eigenvalue weighted by Crippen LogP contribution is 2.50. The first kappa shape index (κ1) is 34.3. The van der Waals surface area contributed by atoms with E-state index in [-0.39, 0.29) is 47.4 Å². The Hall–Kier alpha value is -3.54. The minimum atomic E-state index is -6.16. The van der Waals surface area contributed by atoms with Crippen LogP contribution in [-0.2, 0) is 20.4 Å². The molecule has 0 aromatic heterocycles. The average Bonchev–Trinajstić information content (AvgIpc) is 3.37. The molecule has 45 heavy (non-hydrogen) atoms. The van der Waals surface area contributed by atoms with Crippen LogP contribution in [0.1, 0.15) is 38.7 Å². The van der Waals surface area contributed by atoms with Crippen LogP contribution in [0.25, 0.3) is 0 Å². The molecule has 18 heteroatoms. The van der Waals surface area contributed by atoms with Crippen molar-refractivity contribution >= 4 is 44.4 Å². The van der Waals surface area contributed by atoms with Crippen LogP contribution in [0.4, 0.5) is 49.1 Å². The number of aromatic hydroxyl groups is 1. The van der Waals surface area contributed by atoms with Crippen molar-refractivity contribution in [1.82, 2.24) is 0 Å². The number of phenols is 1. The quantitative estimate of drug-likeness (QED) is 0.109. The molecule has 1 fully saturated rings. The number of benzene rings is 2. The van der Waals surface area contributed by atoms with E-state index in [0.717, 1.165) is 18.6 Å². The van der Waals surface area contributed by atoms with Gasteiger partial charge in [-0.05, 0) is 50.5 Å². The predicted octanol–water partition coefficient (Wildman–Crippen LogP) is 5.26. The maximum atomic E-state index is 13.2. The van der Waals surface area contributed by atoms with Gasteiger partial charge in [0.05, 0.1) is 29.0 Å². The van der Waals surface area contributed by atoms with Gasteiger partial charge in [0.1, 0.15) is 16.3 Å². The third kappa shape index (κ3) is 6.30. The molecule has 4 rings (SSSR count). The Bertz CT molecular complexity index is 1740. The van der Waals surface area contributed by atoms with E-state index < -0.39 is 65.8 Å². The van der Waals surface area contributed by atoms with Crippen molar-refractivity contribution in [3.8, 4) is 5.75 Å². The zero-order chi connectivity index (χ0) is 33.7. The molecule has 10 nitrogen and oxygen atoms in total. The third-order valence-corrected chi connectivity index (χ3v) is 9.26. The number of sulfonamides is 1. The highest BCUT2D eigenvalue weighted by atomic mass is 35.5. The monoisotopic (exact) mass is 685 g/mol. The van der Waals surface area contributed by atoms with Crippen LogP contribution in [0.5, 0.6) is 5.75 Å². The van der Waals surface area contributed by atoms with Crippen LogP contribution in [0.2, 0.25) is 5.02 Å². The minimum Gasteiger partial charge on any atom is -0.504 e. The fourth-order valence-corrected chi connectivity index (χ4v) is 6.63. The number of ether oxygens (including phenoxy) is 1. The Labute approximate surface area is 256 Å². The topological polar surface area (TPSA) is 154 Å². The van der Waals surface area contributed by atoms with Crippen molar-refractivity contribution in [2.24, 2.45) is 0 Å². The van der Waals surface area contributed by atoms with Crippen LogP contribution < -0.4 is 26.2 Å². The third-order valence-electron chi connectivity index (χ3n) is 7.38. The van der Waals surface area contributed by atoms with Crippen molar-refractivity contribution in [3.05, 3.63) is 67.4 Å². The standard InChI is InChI=1S/C27H26ClF6N3O7S/c1-3-16(18-11-4-12(2)44-18)35-19-20(23(40)22(19)39)36-17-10-9-15(28)24(21(17)38)45(42,43)37-14-7-5-13(6-8-14)25(41,26(29,30)31)27(32,33)34/h5-10,12,16,18,35-38,41H,3-4,11H2,1-2H3/t12-,16-,18-/m1/s1. The SMILES string of the molecule is CC[C@@H](Nc1c(Nc2ccc(Cl)c(S(=O)(=O)Nc3ccc(C(O)(C(F)(F)F)C(F)(F)F)cc3)c2O)c(=O)c1=O)[C@H]1CC[C@@H](C)O1. The molecule has 0 spiro atoms. The Morgan fingerprint density at radius 2 is 1.56 bits per heavy atom. The summed E-state index contributed by atoms with van der Waals surface area (Å²) < 4.78 is 113. The Balaban J connectivity index is 1.61. The number of rotatable bonds is 10. The molecule has 246 valence electrons. The van der Waals surface area contributed by atoms with Crippen molar-refractivity contribution in [1.29, 1.82) is 0 Å². The highest BCUT2D eigenvalue weighted by molar-refractivity contribution is 7.93. The van der Waals surface area contributed by atoms with Gasteiger partial charge in [-0.25, -0.2) is 8.42 Å². The number of nitrogens with one attached hydrogen (secondary N) is 3. The molecule has 0 radical (unpaired) electrons. The Morgan fingerprint density at radius 3 is 2.07 bits per heavy atom. The van der Waals surface area contributed by atoms with Gasteiger partial charge in [-0.15, -0.1) is 0 Å². The van der Waals surface area contributed by atoms with Gasteiger partial charge in [0.2, 0.25) is 0 Å². The van der Waals surface area contributed by atoms with Gasteiger partial charge in [0.25, 0.3) is 26.5 Å². The Kier molecular flexibility index (Phi) is 9.16. The summed E-state index contributed by atoms with van der Waals surface area (Å²) in [5.41, 5.74) is -9.97. The first-order valence-corrected chi connectivity index (χ1v) is 15.1. The number of alkyl halides is 6. The molecular weight excluding hydrogens is 660 g/mol. The van der Waals surface area contributed by atoms with Crippen LogP contribution in [0.3, 0.4) is 0 Å². The van der Waals surface area contributed by atoms with E-state index in [1.165, 1.54) is 0 Å². The first-order valence-electron chi connectivity index (χ1n) is 13.3. The molecular formula is C27H26ClF6N3O7S. The van der Waals surface area contributed by atoms with E-state index in [0.29, 0.717) is 25.0 Å². The minimum absolute atomic E-state index is 0.0112. The summed E-state index contributed by atoms with van der Waals surface area (Å²) in [4.78, 5) is 23.8. The summed E-state index contributed by atoms with van der Waals surface area (Å²) in [6.07, 6.45) is -10.5. The van der Waals surface area contributed by atoms with Crippen LogP contribution in [-0.4, -0.2) is 49.2 Å². The zero-order valence-electron chi connectivity index (χ0n) is 23.3. The van der Waals surface area contributed by atoms with Gasteiger partial charge >= 0.3 is 12.4 Å². The van der Waals surface area contributed by atoms with E-state index in [2.05, 4.69) is 10.6 Å². The summed E-state index contributed by atoms with van der Waals surface area (Å²) in [6, 6.07) is 3.30. The lowest BCUT2D eigenvalue weighted by Crippen LogP contribution is -2.53. The second-order valence-corrected chi connectivity index (χ2v) is 12.4. The van der Waals surface area contributed by atoms with Gasteiger partial charge in [-0.1, -0.05) is 30.7 Å². The van der Waals surface area contributed by atoms with E-state index in [9.17, 15) is 54.6 Å². The van der Waals surface area contributed by atoms with E-state index in [1.54, 1.807) is 0 Å². The number of halogens is 7. The summed E-state index contributed by atoms with van der Waals surface area (Å²) >= 11 is 6.03. The largest absolute Gasteiger partial charge is 0.504 e. The predicted molar refractivity (Wildman–Crippen MR) is 152 cm³/mol. The van der Waals surface area contributed by atoms with Crippen molar-refractivity contribution < 1.29 is 49.7 Å². The molecule has 1 saturated heterocycles. The molecule has 0 saturated carbocycles. The van der Waals surface area contributed by atoms with Gasteiger partial charge in [0.15, 0.2) is 5.75 Å². The summed E-state index contributed by atoms with van der Waals surface area (Å²) in [7, 11) is -4.88.